The fourth-order valence-electron chi connectivity index (χ4n) is 3.89. The van der Waals surface area contributed by atoms with Crippen LogP contribution in [0.4, 0.5) is 4.79 Å². The van der Waals surface area contributed by atoms with Crippen molar-refractivity contribution >= 4 is 33.9 Å². The average Bonchev–Trinajstić information content (AvgIpc) is 3.32. The van der Waals surface area contributed by atoms with E-state index in [0.717, 1.165) is 9.87 Å². The summed E-state index contributed by atoms with van der Waals surface area (Å²) in [7, 11) is -3.91. The van der Waals surface area contributed by atoms with Gasteiger partial charge in [0.25, 0.3) is 0 Å². The van der Waals surface area contributed by atoms with Gasteiger partial charge < -0.3 is 25.8 Å². The third kappa shape index (κ3) is 9.60. The van der Waals surface area contributed by atoms with Crippen LogP contribution in [-0.2, 0) is 29.1 Å². The number of hydrogen-bond donors (Lipinski definition) is 4. The van der Waals surface area contributed by atoms with Gasteiger partial charge in [-0.25, -0.2) is 18.0 Å². The van der Waals surface area contributed by atoms with Gasteiger partial charge in [0.15, 0.2) is 0 Å². The van der Waals surface area contributed by atoms with Crippen LogP contribution in [0.15, 0.2) is 29.2 Å². The van der Waals surface area contributed by atoms with Gasteiger partial charge in [-0.3, -0.25) is 9.59 Å². The van der Waals surface area contributed by atoms with E-state index in [1.54, 1.807) is 32.9 Å². The summed E-state index contributed by atoms with van der Waals surface area (Å²) in [6.07, 6.45) is 1.00. The van der Waals surface area contributed by atoms with Crippen molar-refractivity contribution in [2.75, 3.05) is 19.6 Å². The average molecular weight is 555 g/mol. The van der Waals surface area contributed by atoms with Gasteiger partial charge in [-0.05, 0) is 71.9 Å². The van der Waals surface area contributed by atoms with E-state index < -0.39 is 51.6 Å². The number of benzene rings is 1. The molecular formula is C25H38N4O8S. The summed E-state index contributed by atoms with van der Waals surface area (Å²) in [6.45, 7) is 7.12. The van der Waals surface area contributed by atoms with Gasteiger partial charge in [0, 0.05) is 13.1 Å². The summed E-state index contributed by atoms with van der Waals surface area (Å²) in [6, 6.07) is 4.16. The third-order valence-electron chi connectivity index (χ3n) is 5.78. The second kappa shape index (κ2) is 13.6. The first-order valence-corrected chi connectivity index (χ1v) is 14.0. The van der Waals surface area contributed by atoms with Gasteiger partial charge in [0.05, 0.1) is 11.4 Å². The maximum atomic E-state index is 13.1. The van der Waals surface area contributed by atoms with Crippen LogP contribution in [-0.4, -0.2) is 79.0 Å². The summed E-state index contributed by atoms with van der Waals surface area (Å²) < 4.78 is 32.4. The van der Waals surface area contributed by atoms with E-state index in [9.17, 15) is 32.7 Å². The Hall–Kier alpha value is -3.19. The Morgan fingerprint density at radius 1 is 1.11 bits per heavy atom. The van der Waals surface area contributed by atoms with Gasteiger partial charge in [-0.1, -0.05) is 17.7 Å². The summed E-state index contributed by atoms with van der Waals surface area (Å²) in [5, 5.41) is 17.0. The van der Waals surface area contributed by atoms with Crippen molar-refractivity contribution in [3.8, 4) is 0 Å². The molecule has 38 heavy (non-hydrogen) atoms. The lowest BCUT2D eigenvalue weighted by molar-refractivity contribution is -0.142. The smallest absolute Gasteiger partial charge is 0.408 e. The maximum Gasteiger partial charge on any atom is 0.408 e. The summed E-state index contributed by atoms with van der Waals surface area (Å²) in [5.41, 5.74) is 0.225. The van der Waals surface area contributed by atoms with E-state index in [0.29, 0.717) is 25.7 Å². The first-order valence-electron chi connectivity index (χ1n) is 12.6. The third-order valence-corrected chi connectivity index (χ3v) is 7.70. The Labute approximate surface area is 223 Å². The number of aliphatic carboxylic acids is 1. The minimum Gasteiger partial charge on any atom is -0.480 e. The van der Waals surface area contributed by atoms with Crippen LogP contribution in [0.1, 0.15) is 58.4 Å². The Kier molecular flexibility index (Phi) is 11.1. The molecule has 212 valence electrons. The zero-order chi connectivity index (χ0) is 28.5. The monoisotopic (exact) mass is 554 g/mol. The minimum atomic E-state index is -3.91. The van der Waals surface area contributed by atoms with Crippen LogP contribution < -0.4 is 16.0 Å². The molecule has 1 saturated heterocycles. The molecule has 0 aromatic heterocycles. The Bertz CT molecular complexity index is 1100. The van der Waals surface area contributed by atoms with Gasteiger partial charge in [-0.2, -0.15) is 4.31 Å². The van der Waals surface area contributed by atoms with Gasteiger partial charge >= 0.3 is 12.1 Å². The van der Waals surface area contributed by atoms with E-state index in [1.165, 1.54) is 12.1 Å². The molecule has 1 aromatic carbocycles. The maximum absolute atomic E-state index is 13.1. The molecule has 4 N–H and O–H groups in total. The molecule has 1 aliphatic heterocycles. The number of carbonyl (C=O) groups excluding carboxylic acids is 3. The van der Waals surface area contributed by atoms with Gasteiger partial charge in [0.1, 0.15) is 17.7 Å². The molecule has 0 bridgehead atoms. The standard InChI is InChI=1S/C25H38N4O8S/c1-17-10-12-18(13-11-17)38(35,36)29-15-7-9-20(29)22(31)28-19(23(32)33)8-5-6-14-26-21(30)16-27-24(34)37-25(2,3)4/h10-13,19-20H,5-9,14-16H2,1-4H3,(H,26,30)(H,27,34)(H,28,31)(H,32,33)/t19-,20-/m0/s1. The normalized spacial score (nSPS) is 16.9. The number of carboxylic acid groups (broad SMARTS) is 1. The van der Waals surface area contributed by atoms with E-state index in [4.69, 9.17) is 4.74 Å². The van der Waals surface area contributed by atoms with Crippen molar-refractivity contribution in [3.63, 3.8) is 0 Å². The summed E-state index contributed by atoms with van der Waals surface area (Å²) in [4.78, 5) is 48.2. The first-order chi connectivity index (χ1) is 17.7. The van der Waals surface area contributed by atoms with Gasteiger partial charge in [0.2, 0.25) is 21.8 Å². The highest BCUT2D eigenvalue weighted by molar-refractivity contribution is 7.89. The Morgan fingerprint density at radius 3 is 2.37 bits per heavy atom. The number of carbonyl (C=O) groups is 4. The van der Waals surface area contributed by atoms with Crippen LogP contribution in [0, 0.1) is 6.92 Å². The molecule has 13 heteroatoms. The lowest BCUT2D eigenvalue weighted by Gasteiger charge is -2.25. The van der Waals surface area contributed by atoms with Crippen LogP contribution in [0.5, 0.6) is 0 Å². The predicted octanol–water partition coefficient (Wildman–Crippen LogP) is 1.53. The van der Waals surface area contributed by atoms with Crippen molar-refractivity contribution in [3.05, 3.63) is 29.8 Å². The Morgan fingerprint density at radius 2 is 1.76 bits per heavy atom. The summed E-state index contributed by atoms with van der Waals surface area (Å²) in [5.74, 6) is -2.29. The number of aryl methyl sites for hydroxylation is 1. The highest BCUT2D eigenvalue weighted by Gasteiger charge is 2.40. The number of carboxylic acids is 1. The number of alkyl carbamates (subject to hydrolysis) is 1. The van der Waals surface area contributed by atoms with Crippen molar-refractivity contribution in [2.45, 2.75) is 82.4 Å². The second-order valence-corrected chi connectivity index (χ2v) is 12.1. The molecule has 0 unspecified atom stereocenters. The lowest BCUT2D eigenvalue weighted by atomic mass is 10.1. The molecule has 0 aliphatic carbocycles. The number of nitrogens with one attached hydrogen (secondary N) is 3. The highest BCUT2D eigenvalue weighted by atomic mass is 32.2. The van der Waals surface area contributed by atoms with Crippen LogP contribution in [0.2, 0.25) is 0 Å². The lowest BCUT2D eigenvalue weighted by Crippen LogP contribution is -2.50. The number of sulfonamides is 1. The topological polar surface area (TPSA) is 171 Å². The van der Waals surface area contributed by atoms with E-state index >= 15 is 0 Å². The van der Waals surface area contributed by atoms with Crippen molar-refractivity contribution in [2.24, 2.45) is 0 Å². The molecule has 2 atom stereocenters. The Balaban J connectivity index is 1.81. The predicted molar refractivity (Wildman–Crippen MR) is 139 cm³/mol. The molecule has 12 nitrogen and oxygen atoms in total. The number of nitrogens with zero attached hydrogens (tertiary/aromatic N) is 1. The number of ether oxygens (including phenoxy) is 1. The van der Waals surface area contributed by atoms with E-state index in [-0.39, 0.29) is 31.0 Å². The van der Waals surface area contributed by atoms with Gasteiger partial charge in [-0.15, -0.1) is 0 Å². The minimum absolute atomic E-state index is 0.0842. The van der Waals surface area contributed by atoms with Crippen molar-refractivity contribution < 1.29 is 37.4 Å². The molecule has 0 saturated carbocycles. The fraction of sp³-hybridized carbons (Fsp3) is 0.600. The molecule has 0 radical (unpaired) electrons. The number of unbranched alkanes of at least 4 members (excludes halogenated alkanes) is 1. The van der Waals surface area contributed by atoms with E-state index in [2.05, 4.69) is 16.0 Å². The fourth-order valence-corrected chi connectivity index (χ4v) is 5.55. The molecule has 3 amide bonds. The zero-order valence-corrected chi connectivity index (χ0v) is 23.1. The molecule has 2 rings (SSSR count). The van der Waals surface area contributed by atoms with Crippen LogP contribution in [0.25, 0.3) is 0 Å². The highest BCUT2D eigenvalue weighted by Crippen LogP contribution is 2.26. The SMILES string of the molecule is Cc1ccc(S(=O)(=O)N2CCC[C@H]2C(=O)N[C@@H](CCCCNC(=O)CNC(=O)OC(C)(C)C)C(=O)O)cc1. The van der Waals surface area contributed by atoms with Crippen molar-refractivity contribution in [1.29, 1.82) is 0 Å². The molecule has 1 heterocycles. The molecule has 1 aliphatic rings. The number of rotatable bonds is 12. The van der Waals surface area contributed by atoms with Crippen LogP contribution >= 0.6 is 0 Å². The van der Waals surface area contributed by atoms with E-state index in [1.807, 2.05) is 6.92 Å². The second-order valence-electron chi connectivity index (χ2n) is 10.2. The molecule has 1 fully saturated rings. The van der Waals surface area contributed by atoms with Crippen molar-refractivity contribution in [1.82, 2.24) is 20.3 Å². The number of hydrogen-bond acceptors (Lipinski definition) is 7. The summed E-state index contributed by atoms with van der Waals surface area (Å²) >= 11 is 0. The molecule has 0 spiro atoms. The largest absolute Gasteiger partial charge is 0.480 e. The van der Waals surface area contributed by atoms with Crippen LogP contribution in [0.3, 0.4) is 0 Å². The first kappa shape index (κ1) is 31.0. The molecule has 1 aromatic rings. The quantitative estimate of drug-likeness (QED) is 0.282. The zero-order valence-electron chi connectivity index (χ0n) is 22.3. The number of amides is 3. The molecular weight excluding hydrogens is 516 g/mol.